The van der Waals surface area contributed by atoms with Crippen LogP contribution in [0.3, 0.4) is 0 Å². The summed E-state index contributed by atoms with van der Waals surface area (Å²) >= 11 is 1.39. The molecular weight excluding hydrogens is 502 g/mol. The van der Waals surface area contributed by atoms with E-state index in [1.807, 2.05) is 47.8 Å². The van der Waals surface area contributed by atoms with Gasteiger partial charge in [-0.2, -0.15) is 0 Å². The van der Waals surface area contributed by atoms with Crippen LogP contribution in [0.2, 0.25) is 0 Å². The molecule has 0 saturated carbocycles. The smallest absolute Gasteiger partial charge is 0.300 e. The van der Waals surface area contributed by atoms with Crippen LogP contribution in [0.15, 0.2) is 95.9 Å². The molecule has 1 atom stereocenters. The molecular formula is C30H25NO6S. The molecule has 0 spiro atoms. The molecule has 38 heavy (non-hydrogen) atoms. The first-order valence-corrected chi connectivity index (χ1v) is 12.7. The third kappa shape index (κ3) is 4.73. The fraction of sp³-hybridized carbons (Fsp3) is 0.133. The van der Waals surface area contributed by atoms with Crippen molar-refractivity contribution in [2.45, 2.75) is 12.6 Å². The highest BCUT2D eigenvalue weighted by Gasteiger charge is 2.47. The van der Waals surface area contributed by atoms with Crippen molar-refractivity contribution in [2.24, 2.45) is 0 Å². The van der Waals surface area contributed by atoms with Gasteiger partial charge in [0.05, 0.1) is 25.4 Å². The number of hydrogen-bond acceptors (Lipinski definition) is 7. The fourth-order valence-corrected chi connectivity index (χ4v) is 5.23. The molecule has 1 fully saturated rings. The lowest BCUT2D eigenvalue weighted by Gasteiger charge is -2.24. The molecule has 1 N–H and O–H groups in total. The predicted octanol–water partition coefficient (Wildman–Crippen LogP) is 5.97. The summed E-state index contributed by atoms with van der Waals surface area (Å²) in [4.78, 5) is 28.9. The zero-order valence-corrected chi connectivity index (χ0v) is 21.6. The largest absolute Gasteiger partial charge is 0.507 e. The number of carbonyl (C=O) groups is 2. The number of ketones is 1. The van der Waals surface area contributed by atoms with Crippen LogP contribution in [0.1, 0.15) is 22.0 Å². The Morgan fingerprint density at radius 1 is 0.895 bits per heavy atom. The van der Waals surface area contributed by atoms with Crippen molar-refractivity contribution in [1.29, 1.82) is 0 Å². The molecule has 5 rings (SSSR count). The summed E-state index contributed by atoms with van der Waals surface area (Å²) < 4.78 is 16.6. The van der Waals surface area contributed by atoms with Gasteiger partial charge in [0.25, 0.3) is 11.7 Å². The van der Waals surface area contributed by atoms with Gasteiger partial charge in [0, 0.05) is 10.6 Å². The minimum Gasteiger partial charge on any atom is -0.507 e. The first-order chi connectivity index (χ1) is 18.5. The van der Waals surface area contributed by atoms with Crippen LogP contribution < -0.4 is 19.1 Å². The Morgan fingerprint density at radius 3 is 2.29 bits per heavy atom. The topological polar surface area (TPSA) is 85.3 Å². The molecule has 1 saturated heterocycles. The molecule has 1 aliphatic rings. The average molecular weight is 528 g/mol. The maximum Gasteiger partial charge on any atom is 0.300 e. The van der Waals surface area contributed by atoms with Gasteiger partial charge in [0.2, 0.25) is 0 Å². The van der Waals surface area contributed by atoms with Gasteiger partial charge in [-0.05, 0) is 59.5 Å². The second kappa shape index (κ2) is 10.8. The van der Waals surface area contributed by atoms with E-state index < -0.39 is 17.7 Å². The monoisotopic (exact) mass is 527 g/mol. The van der Waals surface area contributed by atoms with E-state index in [0.717, 1.165) is 10.4 Å². The van der Waals surface area contributed by atoms with E-state index in [1.165, 1.54) is 30.5 Å². The van der Waals surface area contributed by atoms with Crippen LogP contribution in [0.4, 0.5) is 5.69 Å². The van der Waals surface area contributed by atoms with E-state index in [-0.39, 0.29) is 16.9 Å². The second-order valence-corrected chi connectivity index (χ2v) is 9.50. The predicted molar refractivity (Wildman–Crippen MR) is 146 cm³/mol. The highest BCUT2D eigenvalue weighted by atomic mass is 32.1. The highest BCUT2D eigenvalue weighted by molar-refractivity contribution is 7.10. The number of ether oxygens (including phenoxy) is 3. The maximum atomic E-state index is 13.4. The zero-order chi connectivity index (χ0) is 26.6. The Labute approximate surface area is 224 Å². The van der Waals surface area contributed by atoms with Crippen LogP contribution >= 0.6 is 11.3 Å². The second-order valence-electron chi connectivity index (χ2n) is 8.52. The number of anilines is 1. The van der Waals surface area contributed by atoms with Gasteiger partial charge >= 0.3 is 0 Å². The maximum absolute atomic E-state index is 13.4. The minimum absolute atomic E-state index is 0.0200. The number of rotatable bonds is 8. The van der Waals surface area contributed by atoms with Gasteiger partial charge in [0.1, 0.15) is 35.7 Å². The number of thiophene rings is 1. The molecule has 4 aromatic rings. The number of nitrogens with zero attached hydrogens (tertiary/aromatic N) is 1. The normalized spacial score (nSPS) is 16.5. The zero-order valence-electron chi connectivity index (χ0n) is 20.8. The molecule has 1 aromatic heterocycles. The van der Waals surface area contributed by atoms with Crippen LogP contribution in [0, 0.1) is 0 Å². The van der Waals surface area contributed by atoms with E-state index in [1.54, 1.807) is 42.5 Å². The summed E-state index contributed by atoms with van der Waals surface area (Å²) in [6.07, 6.45) is 0. The van der Waals surface area contributed by atoms with Crippen molar-refractivity contribution < 1.29 is 28.9 Å². The Bertz CT molecular complexity index is 1480. The standard InChI is InChI=1S/C30H25NO6S/c1-35-22-14-15-24(36-2)23(17-22)28(32)26-27(25-9-6-16-38-25)31(30(34)29(26)33)20-10-12-21(13-11-20)37-18-19-7-4-3-5-8-19/h3-17,27,32H,18H2,1-2H3/b28-26-. The summed E-state index contributed by atoms with van der Waals surface area (Å²) in [5.74, 6) is -0.398. The molecule has 1 amide bonds. The molecule has 0 aliphatic carbocycles. The minimum atomic E-state index is -0.818. The molecule has 0 bridgehead atoms. The van der Waals surface area contributed by atoms with E-state index in [2.05, 4.69) is 0 Å². The molecule has 7 nitrogen and oxygen atoms in total. The van der Waals surface area contributed by atoms with Crippen molar-refractivity contribution in [3.63, 3.8) is 0 Å². The van der Waals surface area contributed by atoms with Crippen molar-refractivity contribution in [1.82, 2.24) is 0 Å². The first-order valence-electron chi connectivity index (χ1n) is 11.9. The van der Waals surface area contributed by atoms with Crippen molar-refractivity contribution in [3.05, 3.63) is 112 Å². The van der Waals surface area contributed by atoms with Crippen LogP contribution in [0.5, 0.6) is 17.2 Å². The van der Waals surface area contributed by atoms with Gasteiger partial charge in [-0.3, -0.25) is 14.5 Å². The summed E-state index contributed by atoms with van der Waals surface area (Å²) in [5, 5.41) is 13.3. The SMILES string of the molecule is COc1ccc(OC)c(/C(O)=C2/C(=O)C(=O)N(c3ccc(OCc4ccccc4)cc3)C2c2cccs2)c1. The summed E-state index contributed by atoms with van der Waals surface area (Å²) in [7, 11) is 2.97. The highest BCUT2D eigenvalue weighted by Crippen LogP contribution is 2.45. The van der Waals surface area contributed by atoms with Crippen LogP contribution in [0.25, 0.3) is 5.76 Å². The Balaban J connectivity index is 1.53. The van der Waals surface area contributed by atoms with Gasteiger partial charge in [-0.1, -0.05) is 36.4 Å². The third-order valence-electron chi connectivity index (χ3n) is 6.28. The van der Waals surface area contributed by atoms with E-state index in [9.17, 15) is 14.7 Å². The van der Waals surface area contributed by atoms with Crippen molar-refractivity contribution >= 4 is 34.5 Å². The Hall–Kier alpha value is -4.56. The van der Waals surface area contributed by atoms with E-state index in [0.29, 0.717) is 29.5 Å². The quantitative estimate of drug-likeness (QED) is 0.173. The summed E-state index contributed by atoms with van der Waals surface area (Å²) in [6.45, 7) is 0.405. The number of methoxy groups -OCH3 is 2. The lowest BCUT2D eigenvalue weighted by molar-refractivity contribution is -0.132. The van der Waals surface area contributed by atoms with Gasteiger partial charge in [-0.25, -0.2) is 0 Å². The number of Topliss-reactive ketones (excluding diaryl/α,β-unsaturated/α-hetero) is 1. The number of aliphatic hydroxyl groups excluding tert-OH is 1. The molecule has 0 radical (unpaired) electrons. The van der Waals surface area contributed by atoms with Gasteiger partial charge in [0.15, 0.2) is 0 Å². The Kier molecular flexibility index (Phi) is 7.15. The van der Waals surface area contributed by atoms with Crippen LogP contribution in [-0.2, 0) is 16.2 Å². The van der Waals surface area contributed by atoms with Crippen LogP contribution in [-0.4, -0.2) is 31.0 Å². The van der Waals surface area contributed by atoms with E-state index in [4.69, 9.17) is 14.2 Å². The summed E-state index contributed by atoms with van der Waals surface area (Å²) in [5.41, 5.74) is 1.78. The number of carbonyl (C=O) groups excluding carboxylic acids is 2. The number of benzene rings is 3. The van der Waals surface area contributed by atoms with Gasteiger partial charge in [-0.15, -0.1) is 11.3 Å². The molecule has 1 unspecified atom stereocenters. The molecule has 2 heterocycles. The number of amides is 1. The average Bonchev–Trinajstić information content (AvgIpc) is 3.58. The van der Waals surface area contributed by atoms with Crippen molar-refractivity contribution in [3.8, 4) is 17.2 Å². The number of aliphatic hydroxyl groups is 1. The van der Waals surface area contributed by atoms with Crippen molar-refractivity contribution in [2.75, 3.05) is 19.1 Å². The lowest BCUT2D eigenvalue weighted by Crippen LogP contribution is -2.29. The first kappa shape index (κ1) is 25.1. The molecule has 1 aliphatic heterocycles. The third-order valence-corrected chi connectivity index (χ3v) is 7.21. The van der Waals surface area contributed by atoms with Gasteiger partial charge < -0.3 is 19.3 Å². The molecule has 8 heteroatoms. The van der Waals surface area contributed by atoms with E-state index >= 15 is 0 Å². The Morgan fingerprint density at radius 2 is 1.63 bits per heavy atom. The molecule has 192 valence electrons. The lowest BCUT2D eigenvalue weighted by atomic mass is 9.99. The summed E-state index contributed by atoms with van der Waals surface area (Å²) in [6, 6.07) is 24.5. The molecule has 3 aromatic carbocycles. The fourth-order valence-electron chi connectivity index (χ4n) is 4.40. The number of hydrogen-bond donors (Lipinski definition) is 1.